The van der Waals surface area contributed by atoms with Crippen LogP contribution in [0.25, 0.3) is 0 Å². The largest absolute Gasteiger partial charge is 0.354 e. The van der Waals surface area contributed by atoms with Crippen LogP contribution in [0.5, 0.6) is 0 Å². The standard InChI is InChI=1S/C14H26N2O.ClH/c15-14(9-6-10-14)11-16-13(17)12-7-4-2-1-3-5-8-12;/h12H,1-11,15H2,(H,16,17);1H. The van der Waals surface area contributed by atoms with Crippen LogP contribution in [0.2, 0.25) is 0 Å². The van der Waals surface area contributed by atoms with Gasteiger partial charge in [0, 0.05) is 18.0 Å². The maximum Gasteiger partial charge on any atom is 0.223 e. The smallest absolute Gasteiger partial charge is 0.223 e. The van der Waals surface area contributed by atoms with E-state index in [9.17, 15) is 4.79 Å². The van der Waals surface area contributed by atoms with Crippen LogP contribution in [0.15, 0.2) is 0 Å². The lowest BCUT2D eigenvalue weighted by Gasteiger charge is -2.38. The van der Waals surface area contributed by atoms with Crippen LogP contribution >= 0.6 is 12.4 Å². The average molecular weight is 275 g/mol. The summed E-state index contributed by atoms with van der Waals surface area (Å²) in [5.74, 6) is 0.502. The molecule has 3 nitrogen and oxygen atoms in total. The quantitative estimate of drug-likeness (QED) is 0.831. The number of nitrogens with two attached hydrogens (primary N) is 1. The fraction of sp³-hybridized carbons (Fsp3) is 0.929. The molecule has 2 aliphatic rings. The Bertz CT molecular complexity index is 259. The Morgan fingerprint density at radius 1 is 1.06 bits per heavy atom. The molecule has 0 heterocycles. The first-order valence-electron chi connectivity index (χ1n) is 7.26. The molecule has 0 radical (unpaired) electrons. The topological polar surface area (TPSA) is 55.1 Å². The number of nitrogens with one attached hydrogen (secondary N) is 1. The number of hydrogen-bond acceptors (Lipinski definition) is 2. The Kier molecular flexibility index (Phi) is 6.44. The zero-order valence-corrected chi connectivity index (χ0v) is 12.1. The van der Waals surface area contributed by atoms with Crippen molar-refractivity contribution in [3.05, 3.63) is 0 Å². The minimum atomic E-state index is -0.0860. The second-order valence-electron chi connectivity index (χ2n) is 5.98. The van der Waals surface area contributed by atoms with E-state index in [1.165, 1.54) is 38.5 Å². The Hall–Kier alpha value is -0.280. The van der Waals surface area contributed by atoms with Crippen LogP contribution in [-0.2, 0) is 4.79 Å². The highest BCUT2D eigenvalue weighted by Crippen LogP contribution is 2.28. The lowest BCUT2D eigenvalue weighted by atomic mass is 9.77. The minimum Gasteiger partial charge on any atom is -0.354 e. The molecule has 2 rings (SSSR count). The number of rotatable bonds is 3. The Morgan fingerprint density at radius 2 is 1.61 bits per heavy atom. The lowest BCUT2D eigenvalue weighted by Crippen LogP contribution is -2.55. The third kappa shape index (κ3) is 4.43. The molecule has 0 aromatic heterocycles. The van der Waals surface area contributed by atoms with Crippen molar-refractivity contribution in [1.82, 2.24) is 5.32 Å². The number of halogens is 1. The summed E-state index contributed by atoms with van der Waals surface area (Å²) < 4.78 is 0. The molecule has 3 N–H and O–H groups in total. The van der Waals surface area contributed by atoms with Gasteiger partial charge in [-0.1, -0.05) is 32.1 Å². The van der Waals surface area contributed by atoms with E-state index >= 15 is 0 Å². The average Bonchev–Trinajstić information content (AvgIpc) is 2.23. The number of carbonyl (C=O) groups excluding carboxylic acids is 1. The van der Waals surface area contributed by atoms with Crippen molar-refractivity contribution >= 4 is 18.3 Å². The van der Waals surface area contributed by atoms with Crippen molar-refractivity contribution < 1.29 is 4.79 Å². The zero-order valence-electron chi connectivity index (χ0n) is 11.2. The maximum absolute atomic E-state index is 12.1. The van der Waals surface area contributed by atoms with Gasteiger partial charge in [0.05, 0.1) is 0 Å². The van der Waals surface area contributed by atoms with Crippen LogP contribution in [0, 0.1) is 5.92 Å². The van der Waals surface area contributed by atoms with Crippen molar-refractivity contribution in [1.29, 1.82) is 0 Å². The first kappa shape index (κ1) is 15.8. The van der Waals surface area contributed by atoms with E-state index in [0.29, 0.717) is 6.54 Å². The summed E-state index contributed by atoms with van der Waals surface area (Å²) in [4.78, 5) is 12.1. The molecule has 106 valence electrons. The molecular formula is C14H27ClN2O. The molecule has 0 aromatic carbocycles. The van der Waals surface area contributed by atoms with Gasteiger partial charge in [0.1, 0.15) is 0 Å². The predicted octanol–water partition coefficient (Wildman–Crippen LogP) is 2.77. The van der Waals surface area contributed by atoms with Gasteiger partial charge in [-0.3, -0.25) is 4.79 Å². The van der Waals surface area contributed by atoms with Crippen molar-refractivity contribution in [2.75, 3.05) is 6.54 Å². The van der Waals surface area contributed by atoms with E-state index in [4.69, 9.17) is 5.73 Å². The highest BCUT2D eigenvalue weighted by atomic mass is 35.5. The monoisotopic (exact) mass is 274 g/mol. The number of amides is 1. The zero-order chi connectivity index (χ0) is 12.1. The summed E-state index contributed by atoms with van der Waals surface area (Å²) in [5, 5.41) is 3.08. The normalized spacial score (nSPS) is 24.1. The van der Waals surface area contributed by atoms with E-state index in [2.05, 4.69) is 5.32 Å². The molecule has 0 unspecified atom stereocenters. The molecule has 2 aliphatic carbocycles. The van der Waals surface area contributed by atoms with E-state index in [0.717, 1.165) is 25.7 Å². The van der Waals surface area contributed by atoms with Gasteiger partial charge in [-0.05, 0) is 32.1 Å². The number of hydrogen-bond donors (Lipinski definition) is 2. The van der Waals surface area contributed by atoms with Gasteiger partial charge in [0.2, 0.25) is 5.91 Å². The summed E-state index contributed by atoms with van der Waals surface area (Å²) in [7, 11) is 0. The van der Waals surface area contributed by atoms with Gasteiger partial charge in [0.25, 0.3) is 0 Å². The molecule has 2 fully saturated rings. The van der Waals surface area contributed by atoms with Crippen molar-refractivity contribution in [2.45, 2.75) is 69.7 Å². The summed E-state index contributed by atoms with van der Waals surface area (Å²) >= 11 is 0. The summed E-state index contributed by atoms with van der Waals surface area (Å²) in [6, 6.07) is 0. The van der Waals surface area contributed by atoms with Crippen molar-refractivity contribution in [3.8, 4) is 0 Å². The molecule has 0 saturated heterocycles. The van der Waals surface area contributed by atoms with Crippen LogP contribution in [0.1, 0.15) is 64.2 Å². The molecule has 18 heavy (non-hydrogen) atoms. The third-order valence-corrected chi connectivity index (χ3v) is 4.44. The lowest BCUT2D eigenvalue weighted by molar-refractivity contribution is -0.126. The predicted molar refractivity (Wildman–Crippen MR) is 76.8 cm³/mol. The molecule has 0 bridgehead atoms. The van der Waals surface area contributed by atoms with Gasteiger partial charge in [-0.2, -0.15) is 0 Å². The minimum absolute atomic E-state index is 0. The van der Waals surface area contributed by atoms with Gasteiger partial charge in [-0.15, -0.1) is 12.4 Å². The van der Waals surface area contributed by atoms with E-state index in [-0.39, 0.29) is 29.8 Å². The summed E-state index contributed by atoms with van der Waals surface area (Å²) in [6.07, 6.45) is 11.9. The second kappa shape index (κ2) is 7.34. The van der Waals surface area contributed by atoms with Crippen LogP contribution < -0.4 is 11.1 Å². The van der Waals surface area contributed by atoms with Crippen molar-refractivity contribution in [3.63, 3.8) is 0 Å². The van der Waals surface area contributed by atoms with E-state index in [1.54, 1.807) is 0 Å². The summed E-state index contributed by atoms with van der Waals surface area (Å²) in [6.45, 7) is 0.683. The second-order valence-corrected chi connectivity index (χ2v) is 5.98. The first-order chi connectivity index (χ1) is 8.20. The number of carbonyl (C=O) groups is 1. The van der Waals surface area contributed by atoms with E-state index in [1.807, 2.05) is 0 Å². The summed E-state index contributed by atoms with van der Waals surface area (Å²) in [5.41, 5.74) is 6.04. The molecule has 4 heteroatoms. The molecule has 0 aliphatic heterocycles. The maximum atomic E-state index is 12.1. The Balaban J connectivity index is 0.00000162. The molecule has 0 atom stereocenters. The molecule has 0 spiro atoms. The highest BCUT2D eigenvalue weighted by molar-refractivity contribution is 5.85. The van der Waals surface area contributed by atoms with Gasteiger partial charge in [-0.25, -0.2) is 0 Å². The van der Waals surface area contributed by atoms with Gasteiger partial charge in [0.15, 0.2) is 0 Å². The van der Waals surface area contributed by atoms with E-state index < -0.39 is 0 Å². The molecule has 1 amide bonds. The van der Waals surface area contributed by atoms with Crippen LogP contribution in [0.4, 0.5) is 0 Å². The molecular weight excluding hydrogens is 248 g/mol. The fourth-order valence-electron chi connectivity index (χ4n) is 2.93. The Morgan fingerprint density at radius 3 is 2.11 bits per heavy atom. The Labute approximate surface area is 117 Å². The SMILES string of the molecule is Cl.NC1(CNC(=O)C2CCCCCCC2)CCC1. The van der Waals surface area contributed by atoms with Gasteiger partial charge >= 0.3 is 0 Å². The van der Waals surface area contributed by atoms with Crippen LogP contribution in [0.3, 0.4) is 0 Å². The molecule has 0 aromatic rings. The fourth-order valence-corrected chi connectivity index (χ4v) is 2.93. The van der Waals surface area contributed by atoms with Crippen LogP contribution in [-0.4, -0.2) is 18.0 Å². The van der Waals surface area contributed by atoms with Gasteiger partial charge < -0.3 is 11.1 Å². The van der Waals surface area contributed by atoms with Crippen molar-refractivity contribution in [2.24, 2.45) is 11.7 Å². The highest BCUT2D eigenvalue weighted by Gasteiger charge is 2.33. The molecule has 2 saturated carbocycles. The third-order valence-electron chi connectivity index (χ3n) is 4.44. The first-order valence-corrected chi connectivity index (χ1v) is 7.26.